The van der Waals surface area contributed by atoms with Crippen LogP contribution >= 0.6 is 11.3 Å². The van der Waals surface area contributed by atoms with Gasteiger partial charge in [0.2, 0.25) is 5.91 Å². The lowest BCUT2D eigenvalue weighted by Crippen LogP contribution is -2.21. The molecule has 4 rings (SSSR count). The number of amides is 2. The molecular weight excluding hydrogens is 332 g/mol. The lowest BCUT2D eigenvalue weighted by atomic mass is 10.2. The van der Waals surface area contributed by atoms with Gasteiger partial charge in [0, 0.05) is 22.8 Å². The zero-order chi connectivity index (χ0) is 17.2. The number of fused-ring (bicyclic) bond motifs is 1. The molecule has 0 aliphatic heterocycles. The zero-order valence-corrected chi connectivity index (χ0v) is 14.4. The molecule has 0 unspecified atom stereocenters. The third kappa shape index (κ3) is 3.72. The third-order valence-electron chi connectivity index (χ3n) is 4.27. The van der Waals surface area contributed by atoms with E-state index in [1.165, 1.54) is 11.3 Å². The molecule has 25 heavy (non-hydrogen) atoms. The van der Waals surface area contributed by atoms with Gasteiger partial charge >= 0.3 is 0 Å². The van der Waals surface area contributed by atoms with Crippen LogP contribution < -0.4 is 10.6 Å². The van der Waals surface area contributed by atoms with Gasteiger partial charge < -0.3 is 10.6 Å². The van der Waals surface area contributed by atoms with E-state index in [1.54, 1.807) is 0 Å². The van der Waals surface area contributed by atoms with Crippen molar-refractivity contribution in [1.29, 1.82) is 0 Å². The van der Waals surface area contributed by atoms with Gasteiger partial charge in [-0.15, -0.1) is 11.3 Å². The Hall–Kier alpha value is -2.66. The van der Waals surface area contributed by atoms with Crippen LogP contribution in [0.5, 0.6) is 0 Å². The first-order valence-corrected chi connectivity index (χ1v) is 9.17. The summed E-state index contributed by atoms with van der Waals surface area (Å²) in [5.74, 6) is 0.235. The Kier molecular flexibility index (Phi) is 4.24. The zero-order valence-electron chi connectivity index (χ0n) is 13.6. The Morgan fingerprint density at radius 2 is 1.80 bits per heavy atom. The van der Waals surface area contributed by atoms with Crippen LogP contribution in [-0.2, 0) is 11.3 Å². The highest BCUT2D eigenvalue weighted by atomic mass is 32.1. The van der Waals surface area contributed by atoms with Gasteiger partial charge in [-0.2, -0.15) is 0 Å². The largest absolute Gasteiger partial charge is 0.347 e. The van der Waals surface area contributed by atoms with Gasteiger partial charge in [-0.05, 0) is 48.1 Å². The summed E-state index contributed by atoms with van der Waals surface area (Å²) in [6, 6.07) is 17.5. The highest BCUT2D eigenvalue weighted by Gasteiger charge is 2.29. The third-order valence-corrected chi connectivity index (χ3v) is 5.39. The predicted octanol–water partition coefficient (Wildman–Crippen LogP) is 4.18. The molecule has 126 valence electrons. The molecule has 2 N–H and O–H groups in total. The second-order valence-electron chi connectivity index (χ2n) is 6.29. The summed E-state index contributed by atoms with van der Waals surface area (Å²) in [5, 5.41) is 6.95. The van der Waals surface area contributed by atoms with Crippen LogP contribution in [0.4, 0.5) is 5.69 Å². The van der Waals surface area contributed by atoms with Crippen molar-refractivity contribution < 1.29 is 9.59 Å². The lowest BCUT2D eigenvalue weighted by Gasteiger charge is -2.07. The topological polar surface area (TPSA) is 58.2 Å². The van der Waals surface area contributed by atoms with E-state index in [1.807, 2.05) is 54.6 Å². The van der Waals surface area contributed by atoms with Crippen molar-refractivity contribution in [2.45, 2.75) is 19.4 Å². The second kappa shape index (κ2) is 6.69. The van der Waals surface area contributed by atoms with Gasteiger partial charge in [0.25, 0.3) is 5.91 Å². The number of rotatable bonds is 5. The Balaban J connectivity index is 1.35. The Bertz CT molecular complexity index is 893. The first-order valence-electron chi connectivity index (χ1n) is 8.35. The number of hydrogen-bond acceptors (Lipinski definition) is 3. The molecule has 1 aliphatic rings. The van der Waals surface area contributed by atoms with Crippen molar-refractivity contribution in [2.24, 2.45) is 5.92 Å². The molecule has 2 aromatic carbocycles. The number of carbonyl (C=O) groups is 2. The van der Waals surface area contributed by atoms with Gasteiger partial charge in [-0.1, -0.05) is 30.3 Å². The minimum Gasteiger partial charge on any atom is -0.347 e. The predicted molar refractivity (Wildman–Crippen MR) is 101 cm³/mol. The Morgan fingerprint density at radius 3 is 2.52 bits per heavy atom. The SMILES string of the molecule is O=C(NCc1ccc(NC(=O)C2CC2)cc1)c1cc2ccccc2s1. The molecular formula is C20H18N2O2S. The van der Waals surface area contributed by atoms with Gasteiger partial charge in [0.15, 0.2) is 0 Å². The molecule has 1 saturated carbocycles. The first-order chi connectivity index (χ1) is 12.2. The van der Waals surface area contributed by atoms with Gasteiger partial charge in [-0.3, -0.25) is 9.59 Å². The van der Waals surface area contributed by atoms with Crippen LogP contribution in [0.25, 0.3) is 10.1 Å². The quantitative estimate of drug-likeness (QED) is 0.725. The van der Waals surface area contributed by atoms with E-state index in [0.29, 0.717) is 6.54 Å². The van der Waals surface area contributed by atoms with Crippen molar-refractivity contribution in [3.05, 3.63) is 65.0 Å². The van der Waals surface area contributed by atoms with Crippen LogP contribution in [0.15, 0.2) is 54.6 Å². The van der Waals surface area contributed by atoms with E-state index < -0.39 is 0 Å². The fraction of sp³-hybridized carbons (Fsp3) is 0.200. The first kappa shape index (κ1) is 15.8. The van der Waals surface area contributed by atoms with Crippen molar-refractivity contribution in [3.8, 4) is 0 Å². The minimum absolute atomic E-state index is 0.0627. The van der Waals surface area contributed by atoms with Crippen LogP contribution in [-0.4, -0.2) is 11.8 Å². The summed E-state index contributed by atoms with van der Waals surface area (Å²) in [5.41, 5.74) is 1.80. The van der Waals surface area contributed by atoms with E-state index in [4.69, 9.17) is 0 Å². The molecule has 1 aromatic heterocycles. The highest BCUT2D eigenvalue weighted by Crippen LogP contribution is 2.30. The van der Waals surface area contributed by atoms with E-state index in [-0.39, 0.29) is 17.7 Å². The molecule has 1 fully saturated rings. The van der Waals surface area contributed by atoms with Crippen molar-refractivity contribution in [2.75, 3.05) is 5.32 Å². The second-order valence-corrected chi connectivity index (χ2v) is 7.38. The molecule has 2 amide bonds. The maximum atomic E-state index is 12.3. The van der Waals surface area contributed by atoms with Gasteiger partial charge in [0.1, 0.15) is 0 Å². The fourth-order valence-corrected chi connectivity index (χ4v) is 3.64. The average Bonchev–Trinajstić information content (AvgIpc) is 3.39. The van der Waals surface area contributed by atoms with Crippen LogP contribution in [0, 0.1) is 5.92 Å². The molecule has 0 spiro atoms. The normalized spacial score (nSPS) is 13.6. The van der Waals surface area contributed by atoms with Crippen LogP contribution in [0.3, 0.4) is 0 Å². The smallest absolute Gasteiger partial charge is 0.261 e. The summed E-state index contributed by atoms with van der Waals surface area (Å²) >= 11 is 1.50. The Morgan fingerprint density at radius 1 is 1.04 bits per heavy atom. The number of hydrogen-bond donors (Lipinski definition) is 2. The summed E-state index contributed by atoms with van der Waals surface area (Å²) in [6.07, 6.45) is 1.99. The van der Waals surface area contributed by atoms with Crippen molar-refractivity contribution >= 4 is 38.9 Å². The highest BCUT2D eigenvalue weighted by molar-refractivity contribution is 7.20. The molecule has 0 radical (unpaired) electrons. The molecule has 5 heteroatoms. The average molecular weight is 350 g/mol. The summed E-state index contributed by atoms with van der Waals surface area (Å²) in [6.45, 7) is 0.462. The van der Waals surface area contributed by atoms with Crippen molar-refractivity contribution in [3.63, 3.8) is 0 Å². The molecule has 3 aromatic rings. The number of benzene rings is 2. The van der Waals surface area contributed by atoms with Crippen LogP contribution in [0.1, 0.15) is 28.1 Å². The molecule has 4 nitrogen and oxygen atoms in total. The molecule has 1 aliphatic carbocycles. The van der Waals surface area contributed by atoms with Crippen molar-refractivity contribution in [1.82, 2.24) is 5.32 Å². The standard InChI is InChI=1S/C20H18N2O2S/c23-19(14-7-8-14)22-16-9-5-13(6-10-16)12-21-20(24)18-11-15-3-1-2-4-17(15)25-18/h1-6,9-11,14H,7-8,12H2,(H,21,24)(H,22,23). The summed E-state index contributed by atoms with van der Waals surface area (Å²) in [7, 11) is 0. The van der Waals surface area contributed by atoms with E-state index in [9.17, 15) is 9.59 Å². The monoisotopic (exact) mass is 350 g/mol. The molecule has 0 atom stereocenters. The molecule has 0 saturated heterocycles. The maximum Gasteiger partial charge on any atom is 0.261 e. The van der Waals surface area contributed by atoms with E-state index >= 15 is 0 Å². The van der Waals surface area contributed by atoms with Gasteiger partial charge in [-0.25, -0.2) is 0 Å². The molecule has 1 heterocycles. The number of carbonyl (C=O) groups excluding carboxylic acids is 2. The van der Waals surface area contributed by atoms with Crippen LogP contribution in [0.2, 0.25) is 0 Å². The van der Waals surface area contributed by atoms with E-state index in [0.717, 1.165) is 39.1 Å². The minimum atomic E-state index is -0.0627. The number of nitrogens with one attached hydrogen (secondary N) is 2. The summed E-state index contributed by atoms with van der Waals surface area (Å²) in [4.78, 5) is 24.8. The maximum absolute atomic E-state index is 12.3. The summed E-state index contributed by atoms with van der Waals surface area (Å²) < 4.78 is 1.11. The van der Waals surface area contributed by atoms with Gasteiger partial charge in [0.05, 0.1) is 4.88 Å². The van der Waals surface area contributed by atoms with E-state index in [2.05, 4.69) is 10.6 Å². The fourth-order valence-electron chi connectivity index (χ4n) is 2.66. The lowest BCUT2D eigenvalue weighted by molar-refractivity contribution is -0.117. The Labute approximate surface area is 149 Å². The molecule has 0 bridgehead atoms. The number of anilines is 1. The number of thiophene rings is 1.